The molecule has 0 unspecified atom stereocenters. The first-order chi connectivity index (χ1) is 9.72. The second kappa shape index (κ2) is 5.28. The molecule has 0 radical (unpaired) electrons. The Morgan fingerprint density at radius 1 is 1.30 bits per heavy atom. The zero-order chi connectivity index (χ0) is 13.9. The van der Waals surface area contributed by atoms with E-state index in [9.17, 15) is 4.79 Å². The number of nitrogens with one attached hydrogen (secondary N) is 2. The van der Waals surface area contributed by atoms with Gasteiger partial charge in [-0.1, -0.05) is 23.8 Å². The average Bonchev–Trinajstić information content (AvgIpc) is 2.90. The molecule has 1 heterocycles. The van der Waals surface area contributed by atoms with Gasteiger partial charge < -0.3 is 9.47 Å². The van der Waals surface area contributed by atoms with Gasteiger partial charge in [0.1, 0.15) is 6.61 Å². The van der Waals surface area contributed by atoms with E-state index < -0.39 is 6.10 Å². The first kappa shape index (κ1) is 12.6. The van der Waals surface area contributed by atoms with Crippen molar-refractivity contribution in [2.75, 3.05) is 6.61 Å². The van der Waals surface area contributed by atoms with Crippen LogP contribution in [0.5, 0.6) is 11.5 Å². The average molecular weight is 272 g/mol. The molecule has 2 aliphatic rings. The van der Waals surface area contributed by atoms with Gasteiger partial charge in [0.2, 0.25) is 6.10 Å². The summed E-state index contributed by atoms with van der Waals surface area (Å²) in [4.78, 5) is 12.0. The highest BCUT2D eigenvalue weighted by Crippen LogP contribution is 2.30. The van der Waals surface area contributed by atoms with Crippen LogP contribution < -0.4 is 20.3 Å². The number of rotatable bonds is 3. The van der Waals surface area contributed by atoms with Crippen LogP contribution in [-0.2, 0) is 4.79 Å². The quantitative estimate of drug-likeness (QED) is 0.822. The molecule has 20 heavy (non-hydrogen) atoms. The van der Waals surface area contributed by atoms with E-state index in [-0.39, 0.29) is 12.5 Å². The minimum absolute atomic E-state index is 0.207. The molecule has 1 atom stereocenters. The van der Waals surface area contributed by atoms with Crippen molar-refractivity contribution < 1.29 is 14.3 Å². The molecular weight excluding hydrogens is 256 g/mol. The second-order valence-corrected chi connectivity index (χ2v) is 4.83. The summed E-state index contributed by atoms with van der Waals surface area (Å²) in [5.74, 6) is 1.01. The molecule has 3 rings (SSSR count). The van der Waals surface area contributed by atoms with Crippen LogP contribution in [0.1, 0.15) is 13.3 Å². The summed E-state index contributed by atoms with van der Waals surface area (Å²) < 4.78 is 11.1. The van der Waals surface area contributed by atoms with E-state index in [0.29, 0.717) is 11.5 Å². The van der Waals surface area contributed by atoms with Crippen LogP contribution in [0.15, 0.2) is 47.7 Å². The summed E-state index contributed by atoms with van der Waals surface area (Å²) in [6.45, 7) is 2.25. The summed E-state index contributed by atoms with van der Waals surface area (Å²) in [7, 11) is 0. The third-order valence-corrected chi connectivity index (χ3v) is 3.18. The Kier molecular flexibility index (Phi) is 3.33. The number of carbonyl (C=O) groups is 1. The number of carbonyl (C=O) groups excluding carboxylic acids is 1. The van der Waals surface area contributed by atoms with Crippen LogP contribution in [0, 0.1) is 0 Å². The van der Waals surface area contributed by atoms with Crippen LogP contribution in [0.3, 0.4) is 0 Å². The van der Waals surface area contributed by atoms with Crippen molar-refractivity contribution in [3.05, 3.63) is 47.7 Å². The van der Waals surface area contributed by atoms with Crippen LogP contribution >= 0.6 is 0 Å². The second-order valence-electron chi connectivity index (χ2n) is 4.83. The highest BCUT2D eigenvalue weighted by molar-refractivity contribution is 5.81. The summed E-state index contributed by atoms with van der Waals surface area (Å²) >= 11 is 0. The number of para-hydroxylation sites is 2. The minimum Gasteiger partial charge on any atom is -0.485 e. The standard InChI is InChI=1S/C15H16N2O3/c1-10-6-7-11(8-10)16-17-15(18)14-9-19-12-4-2-3-5-13(12)20-14/h2-5,7-8,14,16H,6,9H2,1H3,(H,17,18)/t14-/m1/s1. The van der Waals surface area contributed by atoms with Gasteiger partial charge in [-0.2, -0.15) is 0 Å². The lowest BCUT2D eigenvalue weighted by molar-refractivity contribution is -0.131. The Morgan fingerprint density at radius 3 is 2.85 bits per heavy atom. The molecule has 5 nitrogen and oxygen atoms in total. The van der Waals surface area contributed by atoms with Crippen molar-refractivity contribution in [2.24, 2.45) is 0 Å². The van der Waals surface area contributed by atoms with Gasteiger partial charge in [-0.3, -0.25) is 15.6 Å². The number of benzene rings is 1. The minimum atomic E-state index is -0.649. The molecule has 1 aliphatic carbocycles. The van der Waals surface area contributed by atoms with Crippen LogP contribution in [0.25, 0.3) is 0 Å². The Labute approximate surface area is 117 Å². The van der Waals surface area contributed by atoms with Gasteiger partial charge in [-0.15, -0.1) is 0 Å². The van der Waals surface area contributed by atoms with Crippen molar-refractivity contribution in [1.29, 1.82) is 0 Å². The van der Waals surface area contributed by atoms with E-state index in [2.05, 4.69) is 10.9 Å². The topological polar surface area (TPSA) is 59.6 Å². The highest BCUT2D eigenvalue weighted by atomic mass is 16.6. The molecule has 0 saturated heterocycles. The maximum atomic E-state index is 12.0. The zero-order valence-electron chi connectivity index (χ0n) is 11.2. The van der Waals surface area contributed by atoms with Gasteiger partial charge in [0.15, 0.2) is 11.5 Å². The molecule has 0 saturated carbocycles. The molecule has 5 heteroatoms. The molecule has 0 aromatic heterocycles. The van der Waals surface area contributed by atoms with Crippen molar-refractivity contribution in [3.8, 4) is 11.5 Å². The van der Waals surface area contributed by atoms with E-state index >= 15 is 0 Å². The van der Waals surface area contributed by atoms with Gasteiger partial charge in [0, 0.05) is 0 Å². The van der Waals surface area contributed by atoms with Crippen LogP contribution in [0.2, 0.25) is 0 Å². The molecule has 104 valence electrons. The molecule has 0 fully saturated rings. The molecule has 0 bridgehead atoms. The largest absolute Gasteiger partial charge is 0.485 e. The van der Waals surface area contributed by atoms with E-state index in [1.807, 2.05) is 37.3 Å². The van der Waals surface area contributed by atoms with E-state index in [4.69, 9.17) is 9.47 Å². The number of allylic oxidation sites excluding steroid dienone is 3. The third-order valence-electron chi connectivity index (χ3n) is 3.18. The van der Waals surface area contributed by atoms with Crippen molar-refractivity contribution >= 4 is 5.91 Å². The van der Waals surface area contributed by atoms with Crippen molar-refractivity contribution in [2.45, 2.75) is 19.4 Å². The number of fused-ring (bicyclic) bond motifs is 1. The summed E-state index contributed by atoms with van der Waals surface area (Å²) in [5.41, 5.74) is 7.68. The predicted molar refractivity (Wildman–Crippen MR) is 74.1 cm³/mol. The molecule has 1 aromatic carbocycles. The normalized spacial score (nSPS) is 19.9. The first-order valence-corrected chi connectivity index (χ1v) is 6.54. The van der Waals surface area contributed by atoms with E-state index in [1.54, 1.807) is 6.07 Å². The van der Waals surface area contributed by atoms with E-state index in [1.165, 1.54) is 5.57 Å². The van der Waals surface area contributed by atoms with Gasteiger partial charge in [-0.05, 0) is 31.6 Å². The van der Waals surface area contributed by atoms with Gasteiger partial charge >= 0.3 is 0 Å². The Balaban J connectivity index is 1.57. The Bertz CT molecular complexity index is 593. The maximum Gasteiger partial charge on any atom is 0.282 e. The molecule has 1 amide bonds. The van der Waals surface area contributed by atoms with Gasteiger partial charge in [0.25, 0.3) is 5.91 Å². The predicted octanol–water partition coefficient (Wildman–Crippen LogP) is 1.68. The number of amides is 1. The number of hydrazine groups is 1. The fourth-order valence-corrected chi connectivity index (χ4v) is 2.10. The molecule has 0 spiro atoms. The van der Waals surface area contributed by atoms with Gasteiger partial charge in [-0.25, -0.2) is 0 Å². The smallest absolute Gasteiger partial charge is 0.282 e. The zero-order valence-corrected chi connectivity index (χ0v) is 11.2. The summed E-state index contributed by atoms with van der Waals surface area (Å²) in [6.07, 6.45) is 4.27. The van der Waals surface area contributed by atoms with E-state index in [0.717, 1.165) is 12.1 Å². The lowest BCUT2D eigenvalue weighted by Crippen LogP contribution is -2.48. The number of hydrogen-bond acceptors (Lipinski definition) is 4. The SMILES string of the molecule is CC1=CC(NNC(=O)[C@H]2COc3ccccc3O2)=CC1. The third kappa shape index (κ3) is 2.61. The van der Waals surface area contributed by atoms with Crippen molar-refractivity contribution in [3.63, 3.8) is 0 Å². The maximum absolute atomic E-state index is 12.0. The molecule has 1 aliphatic heterocycles. The fraction of sp³-hybridized carbons (Fsp3) is 0.267. The Hall–Kier alpha value is -2.43. The summed E-state index contributed by atoms with van der Waals surface area (Å²) in [6, 6.07) is 7.31. The van der Waals surface area contributed by atoms with Crippen LogP contribution in [-0.4, -0.2) is 18.6 Å². The van der Waals surface area contributed by atoms with Gasteiger partial charge in [0.05, 0.1) is 5.70 Å². The Morgan fingerprint density at radius 2 is 2.10 bits per heavy atom. The monoisotopic (exact) mass is 272 g/mol. The fourth-order valence-electron chi connectivity index (χ4n) is 2.10. The lowest BCUT2D eigenvalue weighted by atomic mass is 10.2. The number of hydrogen-bond donors (Lipinski definition) is 2. The molecular formula is C15H16N2O3. The lowest BCUT2D eigenvalue weighted by Gasteiger charge is -2.25. The molecule has 1 aromatic rings. The first-order valence-electron chi connectivity index (χ1n) is 6.54. The van der Waals surface area contributed by atoms with Crippen molar-refractivity contribution in [1.82, 2.24) is 10.9 Å². The van der Waals surface area contributed by atoms with Crippen LogP contribution in [0.4, 0.5) is 0 Å². The summed E-state index contributed by atoms with van der Waals surface area (Å²) in [5, 5.41) is 0. The molecule has 2 N–H and O–H groups in total. The number of ether oxygens (including phenoxy) is 2. The highest BCUT2D eigenvalue weighted by Gasteiger charge is 2.27.